The standard InChI is InChI=1S/C13H17F3N4O/c1-2-17-11-4-3-10(18-19-11)12(21)20-7-5-9(6-8-20)13(14,15)16/h3-4,9H,2,5-8H2,1H3,(H,17,19). The predicted molar refractivity (Wildman–Crippen MR) is 70.9 cm³/mol. The Morgan fingerprint density at radius 3 is 2.48 bits per heavy atom. The molecule has 0 unspecified atom stereocenters. The van der Waals surface area contributed by atoms with Crippen molar-refractivity contribution in [1.82, 2.24) is 15.1 Å². The SMILES string of the molecule is CCNc1ccc(C(=O)N2CCC(C(F)(F)F)CC2)nn1. The van der Waals surface area contributed by atoms with Gasteiger partial charge in [-0.25, -0.2) is 0 Å². The minimum Gasteiger partial charge on any atom is -0.369 e. The summed E-state index contributed by atoms with van der Waals surface area (Å²) in [5.41, 5.74) is 0.155. The average molecular weight is 302 g/mol. The van der Waals surface area contributed by atoms with Crippen LogP contribution in [-0.4, -0.2) is 46.8 Å². The second kappa shape index (κ2) is 6.28. The lowest BCUT2D eigenvalue weighted by Crippen LogP contribution is -2.42. The van der Waals surface area contributed by atoms with Crippen LogP contribution in [0.4, 0.5) is 19.0 Å². The molecule has 116 valence electrons. The summed E-state index contributed by atoms with van der Waals surface area (Å²) in [5, 5.41) is 10.6. The minimum atomic E-state index is -4.18. The van der Waals surface area contributed by atoms with Gasteiger partial charge in [0.05, 0.1) is 5.92 Å². The van der Waals surface area contributed by atoms with Crippen molar-refractivity contribution in [3.8, 4) is 0 Å². The van der Waals surface area contributed by atoms with Gasteiger partial charge in [0.25, 0.3) is 5.91 Å². The number of alkyl halides is 3. The van der Waals surface area contributed by atoms with E-state index in [4.69, 9.17) is 0 Å². The van der Waals surface area contributed by atoms with E-state index in [-0.39, 0.29) is 37.5 Å². The van der Waals surface area contributed by atoms with Gasteiger partial charge in [0.1, 0.15) is 5.82 Å². The maximum atomic E-state index is 12.6. The van der Waals surface area contributed by atoms with Crippen molar-refractivity contribution in [2.24, 2.45) is 5.92 Å². The van der Waals surface area contributed by atoms with Crippen LogP contribution in [0, 0.1) is 5.92 Å². The average Bonchev–Trinajstić information content (AvgIpc) is 2.47. The number of hydrogen-bond donors (Lipinski definition) is 1. The van der Waals surface area contributed by atoms with Crippen LogP contribution in [0.25, 0.3) is 0 Å². The first-order chi connectivity index (χ1) is 9.91. The smallest absolute Gasteiger partial charge is 0.369 e. The third kappa shape index (κ3) is 3.83. The maximum absolute atomic E-state index is 12.6. The quantitative estimate of drug-likeness (QED) is 0.931. The van der Waals surface area contributed by atoms with Gasteiger partial charge in [0, 0.05) is 19.6 Å². The first-order valence-electron chi connectivity index (χ1n) is 6.85. The van der Waals surface area contributed by atoms with Crippen LogP contribution in [0.2, 0.25) is 0 Å². The highest BCUT2D eigenvalue weighted by Gasteiger charge is 2.41. The Bertz CT molecular complexity index is 481. The fourth-order valence-electron chi connectivity index (χ4n) is 2.29. The predicted octanol–water partition coefficient (Wildman–Crippen LogP) is 2.32. The number of rotatable bonds is 3. The minimum absolute atomic E-state index is 0.0574. The number of carbonyl (C=O) groups is 1. The van der Waals surface area contributed by atoms with E-state index >= 15 is 0 Å². The summed E-state index contributed by atoms with van der Waals surface area (Å²) in [6, 6.07) is 3.16. The lowest BCUT2D eigenvalue weighted by Gasteiger charge is -2.32. The van der Waals surface area contributed by atoms with Crippen LogP contribution in [-0.2, 0) is 0 Å². The molecule has 5 nitrogen and oxygen atoms in total. The molecule has 0 aromatic carbocycles. The molecule has 0 aliphatic carbocycles. The van der Waals surface area contributed by atoms with Crippen molar-refractivity contribution in [2.45, 2.75) is 25.9 Å². The third-order valence-electron chi connectivity index (χ3n) is 3.49. The summed E-state index contributed by atoms with van der Waals surface area (Å²) >= 11 is 0. The molecule has 8 heteroatoms. The van der Waals surface area contributed by atoms with Crippen LogP contribution < -0.4 is 5.32 Å². The first-order valence-corrected chi connectivity index (χ1v) is 6.85. The molecule has 0 saturated carbocycles. The molecule has 1 aliphatic heterocycles. The number of nitrogens with zero attached hydrogens (tertiary/aromatic N) is 3. The highest BCUT2D eigenvalue weighted by molar-refractivity contribution is 5.92. The summed E-state index contributed by atoms with van der Waals surface area (Å²) in [5.74, 6) is -1.13. The third-order valence-corrected chi connectivity index (χ3v) is 3.49. The van der Waals surface area contributed by atoms with Crippen molar-refractivity contribution in [1.29, 1.82) is 0 Å². The molecule has 1 saturated heterocycles. The Labute approximate surface area is 120 Å². The Morgan fingerprint density at radius 1 is 1.33 bits per heavy atom. The van der Waals surface area contributed by atoms with Gasteiger partial charge < -0.3 is 10.2 Å². The van der Waals surface area contributed by atoms with E-state index in [1.54, 1.807) is 6.07 Å². The summed E-state index contributed by atoms with van der Waals surface area (Å²) in [6.45, 7) is 2.79. The van der Waals surface area contributed by atoms with E-state index in [1.165, 1.54) is 11.0 Å². The van der Waals surface area contributed by atoms with E-state index in [0.717, 1.165) is 0 Å². The first kappa shape index (κ1) is 15.5. The number of aromatic nitrogens is 2. The monoisotopic (exact) mass is 302 g/mol. The van der Waals surface area contributed by atoms with Crippen molar-refractivity contribution in [3.05, 3.63) is 17.8 Å². The molecule has 1 amide bonds. The number of hydrogen-bond acceptors (Lipinski definition) is 4. The van der Waals surface area contributed by atoms with Gasteiger partial charge in [-0.1, -0.05) is 0 Å². The van der Waals surface area contributed by atoms with Crippen molar-refractivity contribution in [3.63, 3.8) is 0 Å². The van der Waals surface area contributed by atoms with Crippen LogP contribution >= 0.6 is 0 Å². The Morgan fingerprint density at radius 2 is 2.00 bits per heavy atom. The largest absolute Gasteiger partial charge is 0.391 e. The fourth-order valence-corrected chi connectivity index (χ4v) is 2.29. The van der Waals surface area contributed by atoms with Crippen molar-refractivity contribution in [2.75, 3.05) is 25.0 Å². The fraction of sp³-hybridized carbons (Fsp3) is 0.615. The normalized spacial score (nSPS) is 16.9. The molecule has 1 N–H and O–H groups in total. The number of halogens is 3. The molecule has 0 radical (unpaired) electrons. The van der Waals surface area contributed by atoms with Gasteiger partial charge in [0.2, 0.25) is 0 Å². The van der Waals surface area contributed by atoms with E-state index in [1.807, 2.05) is 6.92 Å². The van der Waals surface area contributed by atoms with Gasteiger partial charge in [-0.15, -0.1) is 10.2 Å². The molecule has 1 aromatic heterocycles. The van der Waals surface area contributed by atoms with Gasteiger partial charge >= 0.3 is 6.18 Å². The zero-order chi connectivity index (χ0) is 15.5. The van der Waals surface area contributed by atoms with Crippen molar-refractivity contribution >= 4 is 11.7 Å². The Kier molecular flexibility index (Phi) is 4.64. The zero-order valence-corrected chi connectivity index (χ0v) is 11.7. The van der Waals surface area contributed by atoms with E-state index < -0.39 is 12.1 Å². The van der Waals surface area contributed by atoms with Gasteiger partial charge in [-0.3, -0.25) is 4.79 Å². The maximum Gasteiger partial charge on any atom is 0.391 e. The highest BCUT2D eigenvalue weighted by Crippen LogP contribution is 2.34. The number of amides is 1. The van der Waals surface area contributed by atoms with Crippen LogP contribution in [0.15, 0.2) is 12.1 Å². The molecule has 0 atom stereocenters. The molecule has 2 heterocycles. The van der Waals surface area contributed by atoms with Gasteiger partial charge in [-0.2, -0.15) is 13.2 Å². The Hall–Kier alpha value is -1.86. The molecular formula is C13H17F3N4O. The molecule has 21 heavy (non-hydrogen) atoms. The second-order valence-electron chi connectivity index (χ2n) is 4.94. The van der Waals surface area contributed by atoms with Gasteiger partial charge in [0.15, 0.2) is 5.69 Å². The van der Waals surface area contributed by atoms with Crippen LogP contribution in [0.5, 0.6) is 0 Å². The lowest BCUT2D eigenvalue weighted by molar-refractivity contribution is -0.183. The number of likely N-dealkylation sites (tertiary alicyclic amines) is 1. The molecule has 1 aliphatic rings. The summed E-state index contributed by atoms with van der Waals surface area (Å²) in [7, 11) is 0. The second-order valence-corrected chi connectivity index (χ2v) is 4.94. The van der Waals surface area contributed by atoms with E-state index in [0.29, 0.717) is 12.4 Å². The highest BCUT2D eigenvalue weighted by atomic mass is 19.4. The number of nitrogens with one attached hydrogen (secondary N) is 1. The molecule has 0 bridgehead atoms. The van der Waals surface area contributed by atoms with Gasteiger partial charge in [-0.05, 0) is 31.9 Å². The van der Waals surface area contributed by atoms with E-state index in [9.17, 15) is 18.0 Å². The topological polar surface area (TPSA) is 58.1 Å². The molecule has 1 fully saturated rings. The summed E-state index contributed by atoms with van der Waals surface area (Å²) < 4.78 is 37.7. The lowest BCUT2D eigenvalue weighted by atomic mass is 9.96. The molecule has 2 rings (SSSR count). The van der Waals surface area contributed by atoms with Crippen LogP contribution in [0.1, 0.15) is 30.3 Å². The molecule has 0 spiro atoms. The molecular weight excluding hydrogens is 285 g/mol. The number of anilines is 1. The molecule has 1 aromatic rings. The van der Waals surface area contributed by atoms with Crippen LogP contribution in [0.3, 0.4) is 0 Å². The van der Waals surface area contributed by atoms with Crippen molar-refractivity contribution < 1.29 is 18.0 Å². The number of carbonyl (C=O) groups excluding carboxylic acids is 1. The van der Waals surface area contributed by atoms with E-state index in [2.05, 4.69) is 15.5 Å². The summed E-state index contributed by atoms with van der Waals surface area (Å²) in [6.07, 6.45) is -4.29. The number of piperidine rings is 1. The zero-order valence-electron chi connectivity index (χ0n) is 11.7. The Balaban J connectivity index is 1.95. The summed E-state index contributed by atoms with van der Waals surface area (Å²) in [4.78, 5) is 13.5.